The fraction of sp³-hybridized carbons (Fsp3) is 0.217. The number of rotatable bonds is 7. The molecule has 3 N–H and O–H groups in total. The molecule has 0 saturated carbocycles. The highest BCUT2D eigenvalue weighted by Gasteiger charge is 2.41. The number of aromatic hydroxyl groups is 1. The molecular weight excluding hydrogens is 322 g/mol. The van der Waals surface area contributed by atoms with E-state index in [1.807, 2.05) is 78.9 Å². The highest BCUT2D eigenvalue weighted by molar-refractivity contribution is 5.52. The molecule has 0 aliphatic heterocycles. The molecule has 0 amide bonds. The number of hydrogen-bond donors (Lipinski definition) is 2. The zero-order valence-electron chi connectivity index (χ0n) is 15.0. The van der Waals surface area contributed by atoms with Gasteiger partial charge < -0.3 is 15.6 Å². The van der Waals surface area contributed by atoms with Crippen molar-refractivity contribution in [3.8, 4) is 5.75 Å². The molecular formula is C23H25NO2. The van der Waals surface area contributed by atoms with Crippen LogP contribution < -0.4 is 5.73 Å². The molecule has 0 aromatic heterocycles. The van der Waals surface area contributed by atoms with E-state index < -0.39 is 5.60 Å². The predicted molar refractivity (Wildman–Crippen MR) is 105 cm³/mol. The molecule has 0 aliphatic rings. The molecule has 3 aromatic carbocycles. The third kappa shape index (κ3) is 3.36. The van der Waals surface area contributed by atoms with E-state index in [4.69, 9.17) is 10.5 Å². The van der Waals surface area contributed by atoms with Gasteiger partial charge in [0.15, 0.2) is 0 Å². The summed E-state index contributed by atoms with van der Waals surface area (Å²) < 4.78 is 6.69. The number of hydrogen-bond acceptors (Lipinski definition) is 3. The summed E-state index contributed by atoms with van der Waals surface area (Å²) in [4.78, 5) is 0. The van der Waals surface area contributed by atoms with Crippen LogP contribution in [-0.4, -0.2) is 17.8 Å². The maximum atomic E-state index is 10.7. The fourth-order valence-electron chi connectivity index (χ4n) is 3.34. The first kappa shape index (κ1) is 18.2. The second-order valence-electron chi connectivity index (χ2n) is 6.31. The van der Waals surface area contributed by atoms with Gasteiger partial charge in [0.1, 0.15) is 11.4 Å². The first-order valence-corrected chi connectivity index (χ1v) is 8.99. The summed E-state index contributed by atoms with van der Waals surface area (Å²) >= 11 is 0. The molecule has 3 aromatic rings. The van der Waals surface area contributed by atoms with Crippen LogP contribution in [0.2, 0.25) is 0 Å². The second kappa shape index (κ2) is 8.17. The van der Waals surface area contributed by atoms with Crippen LogP contribution in [0.1, 0.15) is 30.0 Å². The highest BCUT2D eigenvalue weighted by atomic mass is 16.5. The Labute approximate surface area is 155 Å². The molecule has 0 radical (unpaired) electrons. The third-order valence-corrected chi connectivity index (χ3v) is 4.71. The maximum absolute atomic E-state index is 10.7. The Morgan fingerprint density at radius 1 is 0.846 bits per heavy atom. The van der Waals surface area contributed by atoms with E-state index in [-0.39, 0.29) is 11.9 Å². The van der Waals surface area contributed by atoms with E-state index in [0.717, 1.165) is 17.5 Å². The third-order valence-electron chi connectivity index (χ3n) is 4.71. The van der Waals surface area contributed by atoms with E-state index in [1.54, 1.807) is 6.07 Å². The molecule has 0 saturated heterocycles. The van der Waals surface area contributed by atoms with E-state index >= 15 is 0 Å². The van der Waals surface area contributed by atoms with Crippen molar-refractivity contribution in [2.45, 2.75) is 25.0 Å². The lowest BCUT2D eigenvalue weighted by atomic mass is 9.79. The zero-order valence-corrected chi connectivity index (χ0v) is 15.0. The standard InChI is InChI=1S/C23H25NO2/c1-2-20(17-24)26-23(18-11-5-3-6-12-18,19-13-7-4-8-14-19)21-15-9-10-16-22(21)25/h3-16,20,25H,2,17,24H2,1H3/t20-/m0/s1. The summed E-state index contributed by atoms with van der Waals surface area (Å²) in [6, 6.07) is 27.4. The van der Waals surface area contributed by atoms with E-state index in [9.17, 15) is 5.11 Å². The van der Waals surface area contributed by atoms with E-state index in [2.05, 4.69) is 6.92 Å². The lowest BCUT2D eigenvalue weighted by molar-refractivity contribution is -0.0452. The van der Waals surface area contributed by atoms with Gasteiger partial charge in [-0.3, -0.25) is 0 Å². The van der Waals surface area contributed by atoms with Gasteiger partial charge in [-0.2, -0.15) is 0 Å². The number of phenols is 1. The minimum absolute atomic E-state index is 0.144. The van der Waals surface area contributed by atoms with Crippen molar-refractivity contribution in [2.24, 2.45) is 5.73 Å². The van der Waals surface area contributed by atoms with Gasteiger partial charge in [-0.1, -0.05) is 85.8 Å². The summed E-state index contributed by atoms with van der Waals surface area (Å²) in [5.74, 6) is 0.201. The molecule has 0 unspecified atom stereocenters. The van der Waals surface area contributed by atoms with Crippen molar-refractivity contribution in [1.82, 2.24) is 0 Å². The Morgan fingerprint density at radius 2 is 1.35 bits per heavy atom. The SMILES string of the molecule is CC[C@@H](CN)OC(c1ccccc1)(c1ccccc1)c1ccccc1O. The summed E-state index contributed by atoms with van der Waals surface area (Å²) in [6.07, 6.45) is 0.640. The van der Waals surface area contributed by atoms with E-state index in [0.29, 0.717) is 12.1 Å². The summed E-state index contributed by atoms with van der Waals surface area (Å²) in [6.45, 7) is 2.47. The van der Waals surface area contributed by atoms with Gasteiger partial charge in [0, 0.05) is 12.1 Å². The Morgan fingerprint density at radius 3 is 1.81 bits per heavy atom. The van der Waals surface area contributed by atoms with Crippen molar-refractivity contribution in [3.63, 3.8) is 0 Å². The Hall–Kier alpha value is -2.62. The van der Waals surface area contributed by atoms with Gasteiger partial charge in [0.25, 0.3) is 0 Å². The van der Waals surface area contributed by atoms with Crippen molar-refractivity contribution >= 4 is 0 Å². The van der Waals surface area contributed by atoms with Crippen molar-refractivity contribution in [2.75, 3.05) is 6.54 Å². The molecule has 0 bridgehead atoms. The monoisotopic (exact) mass is 347 g/mol. The quantitative estimate of drug-likeness (QED) is 0.621. The van der Waals surface area contributed by atoms with Crippen LogP contribution in [0.3, 0.4) is 0 Å². The lowest BCUT2D eigenvalue weighted by Gasteiger charge is -2.39. The number of phenolic OH excluding ortho intramolecular Hbond substituents is 1. The van der Waals surface area contributed by atoms with Crippen LogP contribution in [0, 0.1) is 0 Å². The largest absolute Gasteiger partial charge is 0.508 e. The van der Waals surface area contributed by atoms with Crippen molar-refractivity contribution in [3.05, 3.63) is 102 Å². The van der Waals surface area contributed by atoms with Gasteiger partial charge >= 0.3 is 0 Å². The molecule has 0 spiro atoms. The first-order valence-electron chi connectivity index (χ1n) is 8.99. The van der Waals surface area contributed by atoms with Crippen LogP contribution >= 0.6 is 0 Å². The molecule has 0 fully saturated rings. The molecule has 3 heteroatoms. The van der Waals surface area contributed by atoms with Crippen molar-refractivity contribution in [1.29, 1.82) is 0 Å². The summed E-state index contributed by atoms with van der Waals surface area (Å²) in [7, 11) is 0. The lowest BCUT2D eigenvalue weighted by Crippen LogP contribution is -2.39. The molecule has 0 aliphatic carbocycles. The predicted octanol–water partition coefficient (Wildman–Crippen LogP) is 4.44. The van der Waals surface area contributed by atoms with Gasteiger partial charge in [-0.15, -0.1) is 0 Å². The Bertz CT molecular complexity index is 774. The Balaban J connectivity index is 2.33. The number of nitrogens with two attached hydrogens (primary N) is 1. The molecule has 0 heterocycles. The van der Waals surface area contributed by atoms with Gasteiger partial charge in [0.2, 0.25) is 0 Å². The average Bonchev–Trinajstić information content (AvgIpc) is 2.71. The Kier molecular flexibility index (Phi) is 5.71. The minimum Gasteiger partial charge on any atom is -0.508 e. The first-order chi connectivity index (χ1) is 12.7. The van der Waals surface area contributed by atoms with Gasteiger partial charge in [0.05, 0.1) is 6.10 Å². The van der Waals surface area contributed by atoms with Crippen LogP contribution in [0.4, 0.5) is 0 Å². The van der Waals surface area contributed by atoms with Crippen LogP contribution in [0.5, 0.6) is 5.75 Å². The van der Waals surface area contributed by atoms with Crippen LogP contribution in [0.15, 0.2) is 84.9 Å². The number of para-hydroxylation sites is 1. The molecule has 3 rings (SSSR count). The number of ether oxygens (including phenoxy) is 1. The maximum Gasteiger partial charge on any atom is 0.147 e. The van der Waals surface area contributed by atoms with Crippen LogP contribution in [0.25, 0.3) is 0 Å². The minimum atomic E-state index is -0.937. The molecule has 26 heavy (non-hydrogen) atoms. The zero-order chi connectivity index (χ0) is 18.4. The summed E-state index contributed by atoms with van der Waals surface area (Å²) in [5, 5.41) is 10.7. The summed E-state index contributed by atoms with van der Waals surface area (Å²) in [5.41, 5.74) is 7.67. The van der Waals surface area contributed by atoms with Crippen LogP contribution in [-0.2, 0) is 10.3 Å². The smallest absolute Gasteiger partial charge is 0.147 e. The molecule has 134 valence electrons. The molecule has 3 nitrogen and oxygen atoms in total. The fourth-order valence-corrected chi connectivity index (χ4v) is 3.34. The highest BCUT2D eigenvalue weighted by Crippen LogP contribution is 2.44. The average molecular weight is 347 g/mol. The topological polar surface area (TPSA) is 55.5 Å². The normalized spacial score (nSPS) is 12.7. The van der Waals surface area contributed by atoms with Gasteiger partial charge in [-0.05, 0) is 23.6 Å². The second-order valence-corrected chi connectivity index (χ2v) is 6.31. The van der Waals surface area contributed by atoms with Gasteiger partial charge in [-0.25, -0.2) is 0 Å². The molecule has 1 atom stereocenters. The van der Waals surface area contributed by atoms with E-state index in [1.165, 1.54) is 0 Å². The van der Waals surface area contributed by atoms with Crippen molar-refractivity contribution < 1.29 is 9.84 Å². The number of benzene rings is 3.